The fraction of sp³-hybridized carbons (Fsp3) is 0.538. The minimum Gasteiger partial charge on any atom is -0.380 e. The first-order valence-corrected chi connectivity index (χ1v) is 5.58. The Morgan fingerprint density at radius 1 is 1.27 bits per heavy atom. The van der Waals surface area contributed by atoms with E-state index in [1.165, 1.54) is 28.8 Å². The average Bonchev–Trinajstić information content (AvgIpc) is 2.55. The van der Waals surface area contributed by atoms with Gasteiger partial charge in [0.1, 0.15) is 0 Å². The van der Waals surface area contributed by atoms with Crippen molar-refractivity contribution < 1.29 is 0 Å². The third kappa shape index (κ3) is 2.00. The first-order valence-electron chi connectivity index (χ1n) is 5.58. The van der Waals surface area contributed by atoms with Crippen molar-refractivity contribution in [2.24, 2.45) is 0 Å². The molecule has 0 aliphatic carbocycles. The Hall–Kier alpha value is -1.02. The zero-order valence-corrected chi connectivity index (χ0v) is 10.1. The molecule has 1 aromatic carbocycles. The highest BCUT2D eigenvalue weighted by molar-refractivity contribution is 5.64. The van der Waals surface area contributed by atoms with Crippen molar-refractivity contribution in [2.75, 3.05) is 26.0 Å². The van der Waals surface area contributed by atoms with Crippen LogP contribution in [0.5, 0.6) is 0 Å². The van der Waals surface area contributed by atoms with Gasteiger partial charge in [-0.05, 0) is 51.1 Å². The molecule has 0 spiro atoms. The first-order chi connectivity index (χ1) is 7.08. The van der Waals surface area contributed by atoms with Crippen molar-refractivity contribution in [1.29, 1.82) is 0 Å². The van der Waals surface area contributed by atoms with Crippen LogP contribution < -0.4 is 5.32 Å². The molecule has 0 bridgehead atoms. The molecule has 1 aliphatic heterocycles. The third-order valence-electron chi connectivity index (χ3n) is 3.14. The lowest BCUT2D eigenvalue weighted by Crippen LogP contribution is -2.30. The molecule has 82 valence electrons. The van der Waals surface area contributed by atoms with Crippen molar-refractivity contribution in [3.05, 3.63) is 28.8 Å². The van der Waals surface area contributed by atoms with Crippen LogP contribution in [-0.2, 0) is 6.42 Å². The van der Waals surface area contributed by atoms with Gasteiger partial charge in [-0.1, -0.05) is 12.1 Å². The van der Waals surface area contributed by atoms with Crippen LogP contribution in [0.1, 0.15) is 16.7 Å². The van der Waals surface area contributed by atoms with Gasteiger partial charge in [-0.15, -0.1) is 0 Å². The molecule has 0 aromatic heterocycles. The number of nitrogens with one attached hydrogen (secondary N) is 1. The molecule has 1 unspecified atom stereocenters. The maximum absolute atomic E-state index is 3.63. The van der Waals surface area contributed by atoms with Crippen LogP contribution >= 0.6 is 0 Å². The summed E-state index contributed by atoms with van der Waals surface area (Å²) >= 11 is 0. The van der Waals surface area contributed by atoms with Gasteiger partial charge >= 0.3 is 0 Å². The van der Waals surface area contributed by atoms with Crippen LogP contribution in [0, 0.1) is 13.8 Å². The summed E-state index contributed by atoms with van der Waals surface area (Å²) in [4.78, 5) is 2.24. The number of benzene rings is 1. The summed E-state index contributed by atoms with van der Waals surface area (Å²) in [7, 11) is 4.26. The predicted molar refractivity (Wildman–Crippen MR) is 65.6 cm³/mol. The van der Waals surface area contributed by atoms with Gasteiger partial charge in [0.25, 0.3) is 0 Å². The second-order valence-corrected chi connectivity index (χ2v) is 4.86. The highest BCUT2D eigenvalue weighted by atomic mass is 15.1. The van der Waals surface area contributed by atoms with Crippen LogP contribution in [0.15, 0.2) is 12.1 Å². The van der Waals surface area contributed by atoms with Crippen molar-refractivity contribution in [1.82, 2.24) is 4.90 Å². The lowest BCUT2D eigenvalue weighted by molar-refractivity contribution is 0.386. The lowest BCUT2D eigenvalue weighted by Gasteiger charge is -2.16. The minimum absolute atomic E-state index is 0.579. The maximum atomic E-state index is 3.63. The van der Waals surface area contributed by atoms with E-state index in [4.69, 9.17) is 0 Å². The highest BCUT2D eigenvalue weighted by Crippen LogP contribution is 2.31. The fourth-order valence-corrected chi connectivity index (χ4v) is 2.39. The van der Waals surface area contributed by atoms with E-state index >= 15 is 0 Å². The van der Waals surface area contributed by atoms with Crippen LogP contribution in [0.2, 0.25) is 0 Å². The first kappa shape index (κ1) is 10.5. The molecule has 2 nitrogen and oxygen atoms in total. The molecule has 1 heterocycles. The number of likely N-dealkylation sites (N-methyl/N-ethyl adjacent to an activating group) is 1. The standard InChI is InChI=1S/C13H20N2/c1-9-5-6-10(2)13-12(9)7-11(14-13)8-15(3)4/h5-6,11,14H,7-8H2,1-4H3. The van der Waals surface area contributed by atoms with E-state index in [-0.39, 0.29) is 0 Å². The Morgan fingerprint density at radius 2 is 1.93 bits per heavy atom. The van der Waals surface area contributed by atoms with Crippen LogP contribution in [-0.4, -0.2) is 31.6 Å². The Bertz CT molecular complexity index is 338. The lowest BCUT2D eigenvalue weighted by atomic mass is 10.0. The van der Waals surface area contributed by atoms with Gasteiger partial charge in [-0.3, -0.25) is 0 Å². The van der Waals surface area contributed by atoms with Crippen LogP contribution in [0.4, 0.5) is 5.69 Å². The van der Waals surface area contributed by atoms with Crippen molar-refractivity contribution in [2.45, 2.75) is 26.3 Å². The van der Waals surface area contributed by atoms with E-state index in [9.17, 15) is 0 Å². The van der Waals surface area contributed by atoms with Gasteiger partial charge < -0.3 is 10.2 Å². The molecule has 15 heavy (non-hydrogen) atoms. The molecule has 2 rings (SSSR count). The van der Waals surface area contributed by atoms with Gasteiger partial charge in [-0.25, -0.2) is 0 Å². The highest BCUT2D eigenvalue weighted by Gasteiger charge is 2.23. The number of fused-ring (bicyclic) bond motifs is 1. The van der Waals surface area contributed by atoms with Crippen molar-refractivity contribution in [3.63, 3.8) is 0 Å². The number of anilines is 1. The summed E-state index contributed by atoms with van der Waals surface area (Å²) in [6.45, 7) is 5.49. The molecule has 1 atom stereocenters. The Labute approximate surface area is 92.3 Å². The molecular weight excluding hydrogens is 184 g/mol. The second kappa shape index (κ2) is 3.86. The molecule has 0 amide bonds. The molecule has 1 aromatic rings. The summed E-state index contributed by atoms with van der Waals surface area (Å²) < 4.78 is 0. The quantitative estimate of drug-likeness (QED) is 0.794. The van der Waals surface area contributed by atoms with Crippen molar-refractivity contribution in [3.8, 4) is 0 Å². The van der Waals surface area contributed by atoms with Crippen LogP contribution in [0.25, 0.3) is 0 Å². The number of aryl methyl sites for hydroxylation is 2. The minimum atomic E-state index is 0.579. The number of hydrogen-bond donors (Lipinski definition) is 1. The average molecular weight is 204 g/mol. The normalized spacial score (nSPS) is 19.1. The zero-order valence-electron chi connectivity index (χ0n) is 10.1. The van der Waals surface area contributed by atoms with Gasteiger partial charge in [0, 0.05) is 18.3 Å². The topological polar surface area (TPSA) is 15.3 Å². The summed E-state index contributed by atoms with van der Waals surface area (Å²) in [6, 6.07) is 5.02. The number of rotatable bonds is 2. The van der Waals surface area contributed by atoms with E-state index < -0.39 is 0 Å². The van der Waals surface area contributed by atoms with Gasteiger partial charge in [-0.2, -0.15) is 0 Å². The summed E-state index contributed by atoms with van der Waals surface area (Å²) in [5.74, 6) is 0. The van der Waals surface area contributed by atoms with Crippen molar-refractivity contribution >= 4 is 5.69 Å². The molecule has 0 saturated heterocycles. The SMILES string of the molecule is Cc1ccc(C)c2c1CC(CN(C)C)N2. The molecular formula is C13H20N2. The van der Waals surface area contributed by atoms with E-state index in [1.807, 2.05) is 0 Å². The molecule has 1 aliphatic rings. The summed E-state index contributed by atoms with van der Waals surface area (Å²) in [5.41, 5.74) is 5.69. The molecule has 2 heteroatoms. The summed E-state index contributed by atoms with van der Waals surface area (Å²) in [5, 5.41) is 3.63. The van der Waals surface area contributed by atoms with E-state index in [2.05, 4.69) is 50.3 Å². The molecule has 1 N–H and O–H groups in total. The Morgan fingerprint density at radius 3 is 2.53 bits per heavy atom. The Kier molecular flexibility index (Phi) is 2.70. The van der Waals surface area contributed by atoms with E-state index in [0.29, 0.717) is 6.04 Å². The van der Waals surface area contributed by atoms with Crippen LogP contribution in [0.3, 0.4) is 0 Å². The number of hydrogen-bond acceptors (Lipinski definition) is 2. The largest absolute Gasteiger partial charge is 0.380 e. The smallest absolute Gasteiger partial charge is 0.0429 e. The second-order valence-electron chi connectivity index (χ2n) is 4.86. The molecule has 0 fully saturated rings. The maximum Gasteiger partial charge on any atom is 0.0429 e. The summed E-state index contributed by atoms with van der Waals surface area (Å²) in [6.07, 6.45) is 1.17. The zero-order chi connectivity index (χ0) is 11.0. The van der Waals surface area contributed by atoms with Gasteiger partial charge in [0.05, 0.1) is 0 Å². The number of nitrogens with zero attached hydrogens (tertiary/aromatic N) is 1. The Balaban J connectivity index is 2.23. The fourth-order valence-electron chi connectivity index (χ4n) is 2.39. The predicted octanol–water partition coefficient (Wildman–Crippen LogP) is 2.20. The van der Waals surface area contributed by atoms with Gasteiger partial charge in [0.2, 0.25) is 0 Å². The molecule has 0 radical (unpaired) electrons. The third-order valence-corrected chi connectivity index (χ3v) is 3.14. The monoisotopic (exact) mass is 204 g/mol. The van der Waals surface area contributed by atoms with E-state index in [0.717, 1.165) is 6.54 Å². The molecule has 0 saturated carbocycles. The van der Waals surface area contributed by atoms with E-state index in [1.54, 1.807) is 0 Å². The van der Waals surface area contributed by atoms with Gasteiger partial charge in [0.15, 0.2) is 0 Å².